The number of rotatable bonds is 7. The number of H-pyrrole nitrogens is 1. The van der Waals surface area contributed by atoms with Gasteiger partial charge in [-0.3, -0.25) is 14.9 Å². The van der Waals surface area contributed by atoms with Crippen LogP contribution in [0.25, 0.3) is 11.3 Å². The minimum atomic E-state index is -0.396. The molecule has 8 nitrogen and oxygen atoms in total. The first-order valence-electron chi connectivity index (χ1n) is 9.68. The molecule has 0 bridgehead atoms. The summed E-state index contributed by atoms with van der Waals surface area (Å²) in [7, 11) is 0. The SMILES string of the molecule is CCc1c(NC(=O)c2ccc(COc3ccc(C#N)cc3)o2)n[nH]c1-c1ccncc1. The lowest BCUT2D eigenvalue weighted by Gasteiger charge is -2.05. The minimum absolute atomic E-state index is 0.161. The monoisotopic (exact) mass is 413 g/mol. The van der Waals surface area contributed by atoms with Crippen LogP contribution in [0.15, 0.2) is 65.3 Å². The number of aromatic nitrogens is 3. The van der Waals surface area contributed by atoms with Crippen LogP contribution in [0.4, 0.5) is 5.82 Å². The molecule has 154 valence electrons. The molecule has 3 heterocycles. The lowest BCUT2D eigenvalue weighted by Crippen LogP contribution is -2.12. The van der Waals surface area contributed by atoms with Gasteiger partial charge in [0.15, 0.2) is 11.6 Å². The maximum Gasteiger partial charge on any atom is 0.292 e. The second-order valence-corrected chi connectivity index (χ2v) is 6.66. The highest BCUT2D eigenvalue weighted by Gasteiger charge is 2.18. The van der Waals surface area contributed by atoms with Crippen LogP contribution in [0.5, 0.6) is 5.75 Å². The molecule has 4 rings (SSSR count). The lowest BCUT2D eigenvalue weighted by molar-refractivity contribution is 0.0992. The molecule has 0 saturated heterocycles. The third kappa shape index (κ3) is 4.46. The molecule has 0 atom stereocenters. The molecule has 4 aromatic rings. The number of hydrogen-bond acceptors (Lipinski definition) is 6. The highest BCUT2D eigenvalue weighted by molar-refractivity contribution is 6.02. The molecule has 0 aliphatic heterocycles. The standard InChI is InChI=1S/C23H19N5O3/c1-2-19-21(16-9-11-25-12-10-16)27-28-22(19)26-23(29)20-8-7-18(31-20)14-30-17-5-3-15(13-24)4-6-17/h3-12H,2,14H2,1H3,(H2,26,27,28,29). The zero-order chi connectivity index (χ0) is 21.6. The Morgan fingerprint density at radius 2 is 1.94 bits per heavy atom. The molecule has 0 aliphatic rings. The lowest BCUT2D eigenvalue weighted by atomic mass is 10.1. The molecule has 0 saturated carbocycles. The maximum atomic E-state index is 12.6. The molecule has 2 N–H and O–H groups in total. The molecule has 3 aromatic heterocycles. The van der Waals surface area contributed by atoms with Gasteiger partial charge in [0.2, 0.25) is 0 Å². The Bertz CT molecular complexity index is 1220. The molecule has 0 unspecified atom stereocenters. The second-order valence-electron chi connectivity index (χ2n) is 6.66. The van der Waals surface area contributed by atoms with Gasteiger partial charge in [-0.05, 0) is 55.0 Å². The average molecular weight is 413 g/mol. The van der Waals surface area contributed by atoms with Crippen LogP contribution < -0.4 is 10.1 Å². The summed E-state index contributed by atoms with van der Waals surface area (Å²) >= 11 is 0. The van der Waals surface area contributed by atoms with E-state index >= 15 is 0 Å². The largest absolute Gasteiger partial charge is 0.486 e. The van der Waals surface area contributed by atoms with E-state index in [4.69, 9.17) is 14.4 Å². The molecule has 1 amide bonds. The van der Waals surface area contributed by atoms with Crippen molar-refractivity contribution in [3.63, 3.8) is 0 Å². The number of hydrogen-bond donors (Lipinski definition) is 2. The predicted octanol–water partition coefficient (Wildman–Crippen LogP) is 4.33. The van der Waals surface area contributed by atoms with Crippen molar-refractivity contribution in [2.45, 2.75) is 20.0 Å². The van der Waals surface area contributed by atoms with Gasteiger partial charge in [-0.2, -0.15) is 10.4 Å². The summed E-state index contributed by atoms with van der Waals surface area (Å²) in [6.07, 6.45) is 4.10. The third-order valence-electron chi connectivity index (χ3n) is 4.67. The van der Waals surface area contributed by atoms with E-state index in [0.717, 1.165) is 16.8 Å². The van der Waals surface area contributed by atoms with E-state index in [1.54, 1.807) is 48.8 Å². The van der Waals surface area contributed by atoms with Crippen LogP contribution in [0, 0.1) is 11.3 Å². The number of nitriles is 1. The van der Waals surface area contributed by atoms with E-state index in [9.17, 15) is 4.79 Å². The Kier molecular flexibility index (Phi) is 5.76. The number of carbonyl (C=O) groups is 1. The number of amides is 1. The van der Waals surface area contributed by atoms with Crippen LogP contribution in [0.2, 0.25) is 0 Å². The summed E-state index contributed by atoms with van der Waals surface area (Å²) in [6, 6.07) is 15.9. The van der Waals surface area contributed by atoms with E-state index in [0.29, 0.717) is 29.3 Å². The fourth-order valence-electron chi connectivity index (χ4n) is 3.10. The van der Waals surface area contributed by atoms with Gasteiger partial charge in [0, 0.05) is 23.5 Å². The zero-order valence-corrected chi connectivity index (χ0v) is 16.8. The Morgan fingerprint density at radius 1 is 1.16 bits per heavy atom. The molecule has 0 fully saturated rings. The molecular formula is C23H19N5O3. The van der Waals surface area contributed by atoms with E-state index in [1.807, 2.05) is 19.1 Å². The Hall–Kier alpha value is -4.38. The topological polar surface area (TPSA) is 117 Å². The molecule has 31 heavy (non-hydrogen) atoms. The molecular weight excluding hydrogens is 394 g/mol. The van der Waals surface area contributed by atoms with E-state index < -0.39 is 5.91 Å². The fourth-order valence-corrected chi connectivity index (χ4v) is 3.10. The molecule has 0 aliphatic carbocycles. The van der Waals surface area contributed by atoms with Gasteiger partial charge in [0.05, 0.1) is 17.3 Å². The quantitative estimate of drug-likeness (QED) is 0.466. The van der Waals surface area contributed by atoms with Crippen molar-refractivity contribution in [1.29, 1.82) is 5.26 Å². The normalized spacial score (nSPS) is 10.5. The van der Waals surface area contributed by atoms with Crippen molar-refractivity contribution in [2.75, 3.05) is 5.32 Å². The van der Waals surface area contributed by atoms with Crippen molar-refractivity contribution < 1.29 is 13.9 Å². The Morgan fingerprint density at radius 3 is 2.65 bits per heavy atom. The van der Waals surface area contributed by atoms with Gasteiger partial charge in [-0.1, -0.05) is 6.92 Å². The summed E-state index contributed by atoms with van der Waals surface area (Å²) in [5.74, 6) is 1.34. The van der Waals surface area contributed by atoms with E-state index in [2.05, 4.69) is 26.6 Å². The van der Waals surface area contributed by atoms with Gasteiger partial charge >= 0.3 is 0 Å². The predicted molar refractivity (Wildman–Crippen MR) is 113 cm³/mol. The number of aromatic amines is 1. The second kappa shape index (κ2) is 8.97. The minimum Gasteiger partial charge on any atom is -0.486 e. The number of nitrogens with one attached hydrogen (secondary N) is 2. The van der Waals surface area contributed by atoms with Crippen LogP contribution in [0.1, 0.15) is 34.4 Å². The number of nitrogens with zero attached hydrogens (tertiary/aromatic N) is 3. The zero-order valence-electron chi connectivity index (χ0n) is 16.8. The van der Waals surface area contributed by atoms with Gasteiger partial charge in [0.25, 0.3) is 5.91 Å². The molecule has 1 aromatic carbocycles. The van der Waals surface area contributed by atoms with Gasteiger partial charge < -0.3 is 14.5 Å². The van der Waals surface area contributed by atoms with Crippen molar-refractivity contribution in [2.24, 2.45) is 0 Å². The third-order valence-corrected chi connectivity index (χ3v) is 4.67. The summed E-state index contributed by atoms with van der Waals surface area (Å²) < 4.78 is 11.2. The smallest absolute Gasteiger partial charge is 0.292 e. The van der Waals surface area contributed by atoms with Crippen LogP contribution in [-0.2, 0) is 13.0 Å². The van der Waals surface area contributed by atoms with Crippen molar-refractivity contribution in [3.8, 4) is 23.1 Å². The van der Waals surface area contributed by atoms with E-state index in [-0.39, 0.29) is 12.4 Å². The van der Waals surface area contributed by atoms with Crippen molar-refractivity contribution in [1.82, 2.24) is 15.2 Å². The number of pyridine rings is 1. The summed E-state index contributed by atoms with van der Waals surface area (Å²) in [5.41, 5.74) is 3.24. The van der Waals surface area contributed by atoms with Crippen LogP contribution >= 0.6 is 0 Å². The first-order valence-corrected chi connectivity index (χ1v) is 9.68. The maximum absolute atomic E-state index is 12.6. The van der Waals surface area contributed by atoms with Gasteiger partial charge in [-0.15, -0.1) is 0 Å². The number of anilines is 1. The molecule has 8 heteroatoms. The number of benzene rings is 1. The highest BCUT2D eigenvalue weighted by Crippen LogP contribution is 2.27. The van der Waals surface area contributed by atoms with Crippen molar-refractivity contribution >= 4 is 11.7 Å². The number of furan rings is 1. The first kappa shape index (κ1) is 19.9. The Balaban J connectivity index is 1.42. The van der Waals surface area contributed by atoms with Crippen molar-refractivity contribution in [3.05, 3.63) is 83.6 Å². The highest BCUT2D eigenvalue weighted by atomic mass is 16.5. The van der Waals surface area contributed by atoms with Crippen LogP contribution in [0.3, 0.4) is 0 Å². The van der Waals surface area contributed by atoms with Gasteiger partial charge in [0.1, 0.15) is 18.1 Å². The summed E-state index contributed by atoms with van der Waals surface area (Å²) in [6.45, 7) is 2.16. The molecule has 0 radical (unpaired) electrons. The number of ether oxygens (including phenoxy) is 1. The van der Waals surface area contributed by atoms with E-state index in [1.165, 1.54) is 0 Å². The van der Waals surface area contributed by atoms with Crippen LogP contribution in [-0.4, -0.2) is 21.1 Å². The Labute approximate surface area is 178 Å². The summed E-state index contributed by atoms with van der Waals surface area (Å²) in [4.78, 5) is 16.7. The fraction of sp³-hybridized carbons (Fsp3) is 0.130. The summed E-state index contributed by atoms with van der Waals surface area (Å²) in [5, 5.41) is 18.9. The molecule has 0 spiro atoms. The first-order chi connectivity index (χ1) is 15.2. The average Bonchev–Trinajstić information content (AvgIpc) is 3.45. The number of carbonyl (C=O) groups excluding carboxylic acids is 1. The van der Waals surface area contributed by atoms with Gasteiger partial charge in [-0.25, -0.2) is 0 Å².